The van der Waals surface area contributed by atoms with Crippen molar-refractivity contribution in [2.45, 2.75) is 51.6 Å². The van der Waals surface area contributed by atoms with Crippen molar-refractivity contribution in [1.29, 1.82) is 0 Å². The number of carbonyl (C=O) groups is 1. The number of phenols is 1. The molecule has 0 bridgehead atoms. The zero-order valence-corrected chi connectivity index (χ0v) is 12.9. The molecule has 1 aromatic carbocycles. The second-order valence-electron chi connectivity index (χ2n) is 6.60. The number of phenolic OH excluding ortho intramolecular Hbond substituents is 1. The quantitative estimate of drug-likeness (QED) is 0.795. The van der Waals surface area contributed by atoms with Gasteiger partial charge in [0.15, 0.2) is 0 Å². The fraction of sp³-hybridized carbons (Fsp3) is 0.588. The highest BCUT2D eigenvalue weighted by molar-refractivity contribution is 5.82. The SMILES string of the molecule is CC1CC(C)CC(NC(=O)[C@H](N)Cc2ccc(O)cc2)C1. The van der Waals surface area contributed by atoms with Gasteiger partial charge in [-0.15, -0.1) is 0 Å². The van der Waals surface area contributed by atoms with E-state index in [1.807, 2.05) is 0 Å². The van der Waals surface area contributed by atoms with E-state index in [-0.39, 0.29) is 17.7 Å². The minimum Gasteiger partial charge on any atom is -0.508 e. The minimum atomic E-state index is -0.540. The molecule has 4 nitrogen and oxygen atoms in total. The molecule has 0 spiro atoms. The van der Waals surface area contributed by atoms with E-state index >= 15 is 0 Å². The van der Waals surface area contributed by atoms with E-state index < -0.39 is 6.04 Å². The van der Waals surface area contributed by atoms with Crippen LogP contribution in [0.1, 0.15) is 38.7 Å². The van der Waals surface area contributed by atoms with Crippen LogP contribution >= 0.6 is 0 Å². The molecule has 1 aliphatic carbocycles. The summed E-state index contributed by atoms with van der Waals surface area (Å²) < 4.78 is 0. The van der Waals surface area contributed by atoms with Crippen molar-refractivity contribution >= 4 is 5.91 Å². The van der Waals surface area contributed by atoms with Crippen LogP contribution in [-0.2, 0) is 11.2 Å². The summed E-state index contributed by atoms with van der Waals surface area (Å²) in [4.78, 5) is 12.2. The molecule has 1 aliphatic rings. The van der Waals surface area contributed by atoms with Crippen molar-refractivity contribution in [3.05, 3.63) is 29.8 Å². The fourth-order valence-electron chi connectivity index (χ4n) is 3.35. The highest BCUT2D eigenvalue weighted by Gasteiger charge is 2.26. The number of nitrogens with one attached hydrogen (secondary N) is 1. The zero-order chi connectivity index (χ0) is 15.4. The Morgan fingerprint density at radius 2 is 1.81 bits per heavy atom. The van der Waals surface area contributed by atoms with Crippen LogP contribution < -0.4 is 11.1 Å². The van der Waals surface area contributed by atoms with E-state index in [2.05, 4.69) is 19.2 Å². The Kier molecular flexibility index (Phi) is 5.23. The van der Waals surface area contributed by atoms with Crippen LogP contribution in [-0.4, -0.2) is 23.1 Å². The smallest absolute Gasteiger partial charge is 0.237 e. The largest absolute Gasteiger partial charge is 0.508 e. The first-order valence-corrected chi connectivity index (χ1v) is 7.78. The molecule has 1 fully saturated rings. The molecule has 1 aromatic rings. The van der Waals surface area contributed by atoms with E-state index in [9.17, 15) is 9.90 Å². The van der Waals surface area contributed by atoms with Crippen LogP contribution in [0.3, 0.4) is 0 Å². The first-order chi connectivity index (χ1) is 9.94. The predicted octanol–water partition coefficient (Wildman–Crippen LogP) is 2.20. The van der Waals surface area contributed by atoms with Gasteiger partial charge >= 0.3 is 0 Å². The van der Waals surface area contributed by atoms with Crippen molar-refractivity contribution in [2.75, 3.05) is 0 Å². The van der Waals surface area contributed by atoms with Crippen molar-refractivity contribution in [3.63, 3.8) is 0 Å². The first kappa shape index (κ1) is 15.8. The topological polar surface area (TPSA) is 75.4 Å². The molecular weight excluding hydrogens is 264 g/mol. The highest BCUT2D eigenvalue weighted by atomic mass is 16.3. The summed E-state index contributed by atoms with van der Waals surface area (Å²) in [5, 5.41) is 12.4. The number of carbonyl (C=O) groups excluding carboxylic acids is 1. The van der Waals surface area contributed by atoms with Crippen molar-refractivity contribution in [2.24, 2.45) is 17.6 Å². The third-order valence-corrected chi connectivity index (χ3v) is 4.25. The molecule has 21 heavy (non-hydrogen) atoms. The van der Waals surface area contributed by atoms with Crippen molar-refractivity contribution in [1.82, 2.24) is 5.32 Å². The molecule has 3 atom stereocenters. The monoisotopic (exact) mass is 290 g/mol. The van der Waals surface area contributed by atoms with Gasteiger partial charge in [0.1, 0.15) is 5.75 Å². The summed E-state index contributed by atoms with van der Waals surface area (Å²) >= 11 is 0. The molecule has 0 aromatic heterocycles. The summed E-state index contributed by atoms with van der Waals surface area (Å²) in [7, 11) is 0. The van der Waals surface area contributed by atoms with E-state index in [0.717, 1.165) is 18.4 Å². The maximum Gasteiger partial charge on any atom is 0.237 e. The third kappa shape index (κ3) is 4.74. The Balaban J connectivity index is 1.86. The Morgan fingerprint density at radius 1 is 1.24 bits per heavy atom. The molecule has 0 saturated heterocycles. The summed E-state index contributed by atoms with van der Waals surface area (Å²) in [5.41, 5.74) is 6.96. The van der Waals surface area contributed by atoms with Gasteiger partial charge in [-0.25, -0.2) is 0 Å². The van der Waals surface area contributed by atoms with Crippen molar-refractivity contribution < 1.29 is 9.90 Å². The van der Waals surface area contributed by atoms with Gasteiger partial charge in [0.2, 0.25) is 5.91 Å². The summed E-state index contributed by atoms with van der Waals surface area (Å²) in [6.07, 6.45) is 3.82. The number of aromatic hydroxyl groups is 1. The van der Waals surface area contributed by atoms with Gasteiger partial charge in [-0.05, 0) is 55.2 Å². The number of nitrogens with two attached hydrogens (primary N) is 1. The van der Waals surface area contributed by atoms with Crippen LogP contribution in [0.25, 0.3) is 0 Å². The summed E-state index contributed by atoms with van der Waals surface area (Å²) in [5.74, 6) is 1.47. The minimum absolute atomic E-state index is 0.0747. The molecule has 4 N–H and O–H groups in total. The van der Waals surface area contributed by atoms with Gasteiger partial charge in [-0.3, -0.25) is 4.79 Å². The third-order valence-electron chi connectivity index (χ3n) is 4.25. The summed E-state index contributed by atoms with van der Waals surface area (Å²) in [6.45, 7) is 4.48. The number of hydrogen-bond donors (Lipinski definition) is 3. The molecule has 116 valence electrons. The molecule has 2 unspecified atom stereocenters. The van der Waals surface area contributed by atoms with Crippen LogP contribution in [0.5, 0.6) is 5.75 Å². The number of benzene rings is 1. The van der Waals surface area contributed by atoms with E-state index in [4.69, 9.17) is 5.73 Å². The zero-order valence-electron chi connectivity index (χ0n) is 12.9. The average molecular weight is 290 g/mol. The highest BCUT2D eigenvalue weighted by Crippen LogP contribution is 2.28. The first-order valence-electron chi connectivity index (χ1n) is 7.78. The molecular formula is C17H26N2O2. The lowest BCUT2D eigenvalue weighted by Gasteiger charge is -2.32. The lowest BCUT2D eigenvalue weighted by atomic mass is 9.80. The maximum absolute atomic E-state index is 12.2. The Bertz CT molecular complexity index is 462. The Hall–Kier alpha value is -1.55. The van der Waals surface area contributed by atoms with Gasteiger partial charge in [0.25, 0.3) is 0 Å². The molecule has 0 aliphatic heterocycles. The van der Waals surface area contributed by atoms with Gasteiger partial charge in [-0.2, -0.15) is 0 Å². The molecule has 2 rings (SSSR count). The summed E-state index contributed by atoms with van der Waals surface area (Å²) in [6, 6.07) is 6.54. The lowest BCUT2D eigenvalue weighted by Crippen LogP contribution is -2.48. The normalized spacial score (nSPS) is 27.1. The molecule has 0 heterocycles. The number of amides is 1. The van der Waals surface area contributed by atoms with Crippen LogP contribution in [0, 0.1) is 11.8 Å². The molecule has 0 radical (unpaired) electrons. The standard InChI is InChI=1S/C17H26N2O2/c1-11-7-12(2)9-14(8-11)19-17(21)16(18)10-13-3-5-15(20)6-4-13/h3-6,11-12,14,16,20H,7-10,18H2,1-2H3,(H,19,21)/t11?,12?,14?,16-/m1/s1. The number of rotatable bonds is 4. The van der Waals surface area contributed by atoms with E-state index in [1.54, 1.807) is 24.3 Å². The lowest BCUT2D eigenvalue weighted by molar-refractivity contribution is -0.123. The maximum atomic E-state index is 12.2. The fourth-order valence-corrected chi connectivity index (χ4v) is 3.35. The molecule has 1 saturated carbocycles. The Morgan fingerprint density at radius 3 is 2.38 bits per heavy atom. The average Bonchev–Trinajstić information content (AvgIpc) is 2.40. The number of hydrogen-bond acceptors (Lipinski definition) is 3. The Labute approximate surface area is 126 Å². The van der Waals surface area contributed by atoms with Crippen LogP contribution in [0.4, 0.5) is 0 Å². The van der Waals surface area contributed by atoms with Gasteiger partial charge in [0.05, 0.1) is 6.04 Å². The van der Waals surface area contributed by atoms with Crippen LogP contribution in [0.2, 0.25) is 0 Å². The van der Waals surface area contributed by atoms with Gasteiger partial charge in [0, 0.05) is 6.04 Å². The van der Waals surface area contributed by atoms with Crippen LogP contribution in [0.15, 0.2) is 24.3 Å². The molecule has 1 amide bonds. The second-order valence-corrected chi connectivity index (χ2v) is 6.60. The van der Waals surface area contributed by atoms with Gasteiger partial charge < -0.3 is 16.2 Å². The van der Waals surface area contributed by atoms with E-state index in [1.165, 1.54) is 6.42 Å². The van der Waals surface area contributed by atoms with E-state index in [0.29, 0.717) is 18.3 Å². The second kappa shape index (κ2) is 6.94. The van der Waals surface area contributed by atoms with Gasteiger partial charge in [-0.1, -0.05) is 26.0 Å². The molecule has 4 heteroatoms. The van der Waals surface area contributed by atoms with Crippen molar-refractivity contribution in [3.8, 4) is 5.75 Å². The predicted molar refractivity (Wildman–Crippen MR) is 83.9 cm³/mol.